The molecule has 1 aliphatic rings. The van der Waals surface area contributed by atoms with Crippen molar-refractivity contribution in [2.75, 3.05) is 0 Å². The Bertz CT molecular complexity index is 1520. The maximum Gasteiger partial charge on any atom is 0.400 e. The molecule has 1 saturated carbocycles. The number of halogens is 7. The van der Waals surface area contributed by atoms with Gasteiger partial charge in [0.15, 0.2) is 29.1 Å². The first-order chi connectivity index (χ1) is 19.1. The SMILES string of the molecule is CCCC1CCC(C(F)(F)Oc2ccc3cc(-c4ccc(-c5cc(F)c(F)c(F)c5)c(F)c4F)ccc3c2)CC1. The molecule has 1 aliphatic carbocycles. The molecule has 1 fully saturated rings. The van der Waals surface area contributed by atoms with E-state index in [2.05, 4.69) is 6.92 Å². The molecule has 0 amide bonds. The van der Waals surface area contributed by atoms with Gasteiger partial charge in [-0.25, -0.2) is 22.0 Å². The Morgan fingerprint density at radius 2 is 1.25 bits per heavy atom. The Morgan fingerprint density at radius 3 is 1.88 bits per heavy atom. The normalized spacial score (nSPS) is 17.8. The van der Waals surface area contributed by atoms with Crippen LogP contribution in [-0.2, 0) is 0 Å². The van der Waals surface area contributed by atoms with Gasteiger partial charge in [-0.05, 0) is 83.8 Å². The number of rotatable bonds is 7. The van der Waals surface area contributed by atoms with Gasteiger partial charge < -0.3 is 4.74 Å². The smallest absolute Gasteiger partial charge is 0.400 e. The monoisotopic (exact) mass is 560 g/mol. The van der Waals surface area contributed by atoms with E-state index >= 15 is 4.39 Å². The quantitative estimate of drug-likeness (QED) is 0.161. The maximum atomic E-state index is 15.1. The minimum Gasteiger partial charge on any atom is -0.432 e. The molecular formula is C32H27F7O. The Hall–Kier alpha value is -3.55. The summed E-state index contributed by atoms with van der Waals surface area (Å²) in [5.74, 6) is -7.68. The standard InChI is InChI=1S/C32H27F7O/c1-2-3-18-4-9-23(10-5-18)32(38,39)40-24-11-8-19-14-21(7-6-20(19)15-24)25-12-13-26(30(36)29(25)35)22-16-27(33)31(37)28(34)17-22/h6-8,11-18,23H,2-5,9-10H2,1H3. The third-order valence-electron chi connectivity index (χ3n) is 7.77. The van der Waals surface area contributed by atoms with Gasteiger partial charge >= 0.3 is 6.11 Å². The highest BCUT2D eigenvalue weighted by molar-refractivity contribution is 5.88. The Labute approximate surface area is 227 Å². The van der Waals surface area contributed by atoms with Gasteiger partial charge in [0.2, 0.25) is 0 Å². The molecule has 0 aromatic heterocycles. The number of hydrogen-bond acceptors (Lipinski definition) is 1. The van der Waals surface area contributed by atoms with Gasteiger partial charge in [-0.1, -0.05) is 50.1 Å². The first-order valence-corrected chi connectivity index (χ1v) is 13.3. The lowest BCUT2D eigenvalue weighted by Crippen LogP contribution is -2.37. The average Bonchev–Trinajstić information content (AvgIpc) is 2.93. The van der Waals surface area contributed by atoms with E-state index in [0.717, 1.165) is 31.7 Å². The summed E-state index contributed by atoms with van der Waals surface area (Å²) in [6.45, 7) is 2.10. The van der Waals surface area contributed by atoms with E-state index in [-0.39, 0.29) is 16.9 Å². The zero-order valence-electron chi connectivity index (χ0n) is 21.7. The zero-order chi connectivity index (χ0) is 28.6. The van der Waals surface area contributed by atoms with Gasteiger partial charge in [0.05, 0.1) is 5.92 Å². The molecule has 0 bridgehead atoms. The summed E-state index contributed by atoms with van der Waals surface area (Å²) in [5.41, 5.74) is -0.593. The molecule has 0 saturated heterocycles. The summed E-state index contributed by atoms with van der Waals surface area (Å²) in [5, 5.41) is 1.15. The molecule has 210 valence electrons. The summed E-state index contributed by atoms with van der Waals surface area (Å²) in [6, 6.07) is 12.7. The third-order valence-corrected chi connectivity index (χ3v) is 7.77. The zero-order valence-corrected chi connectivity index (χ0v) is 21.7. The van der Waals surface area contributed by atoms with Crippen LogP contribution in [0, 0.1) is 40.9 Å². The highest BCUT2D eigenvalue weighted by atomic mass is 19.3. The van der Waals surface area contributed by atoms with Gasteiger partial charge in [-0.15, -0.1) is 0 Å². The molecule has 0 aliphatic heterocycles. The van der Waals surface area contributed by atoms with Crippen LogP contribution in [0.3, 0.4) is 0 Å². The molecule has 1 nitrogen and oxygen atoms in total. The second kappa shape index (κ2) is 11.1. The van der Waals surface area contributed by atoms with E-state index in [4.69, 9.17) is 4.74 Å². The summed E-state index contributed by atoms with van der Waals surface area (Å²) in [7, 11) is 0. The van der Waals surface area contributed by atoms with Crippen LogP contribution < -0.4 is 4.74 Å². The summed E-state index contributed by atoms with van der Waals surface area (Å²) < 4.78 is 106. The number of benzene rings is 4. The van der Waals surface area contributed by atoms with Crippen molar-refractivity contribution in [2.45, 2.75) is 51.6 Å². The molecule has 4 aromatic carbocycles. The highest BCUT2D eigenvalue weighted by Crippen LogP contribution is 2.42. The van der Waals surface area contributed by atoms with Crippen molar-refractivity contribution in [2.24, 2.45) is 11.8 Å². The van der Waals surface area contributed by atoms with Crippen molar-refractivity contribution in [3.63, 3.8) is 0 Å². The number of fused-ring (bicyclic) bond motifs is 1. The van der Waals surface area contributed by atoms with E-state index in [1.165, 1.54) is 24.3 Å². The Morgan fingerprint density at radius 1 is 0.675 bits per heavy atom. The Balaban J connectivity index is 1.37. The van der Waals surface area contributed by atoms with Crippen LogP contribution in [-0.4, -0.2) is 6.11 Å². The summed E-state index contributed by atoms with van der Waals surface area (Å²) in [4.78, 5) is 0. The lowest BCUT2D eigenvalue weighted by Gasteiger charge is -2.33. The second-order valence-corrected chi connectivity index (χ2v) is 10.4. The van der Waals surface area contributed by atoms with Crippen LogP contribution in [0.2, 0.25) is 0 Å². The Kier molecular flexibility index (Phi) is 7.80. The van der Waals surface area contributed by atoms with Gasteiger partial charge in [-0.2, -0.15) is 8.78 Å². The fourth-order valence-electron chi connectivity index (χ4n) is 5.60. The predicted molar refractivity (Wildman–Crippen MR) is 141 cm³/mol. The molecule has 0 heterocycles. The predicted octanol–water partition coefficient (Wildman–Crippen LogP) is 10.4. The molecule has 0 atom stereocenters. The van der Waals surface area contributed by atoms with E-state index in [0.29, 0.717) is 47.2 Å². The van der Waals surface area contributed by atoms with Crippen molar-refractivity contribution < 1.29 is 35.5 Å². The fourth-order valence-corrected chi connectivity index (χ4v) is 5.60. The average molecular weight is 561 g/mol. The van der Waals surface area contributed by atoms with Gasteiger partial charge in [0.1, 0.15) is 5.75 Å². The molecule has 8 heteroatoms. The van der Waals surface area contributed by atoms with E-state index in [1.807, 2.05) is 0 Å². The number of ether oxygens (including phenoxy) is 1. The van der Waals surface area contributed by atoms with Gasteiger partial charge in [-0.3, -0.25) is 0 Å². The molecule has 0 unspecified atom stereocenters. The van der Waals surface area contributed by atoms with E-state index < -0.39 is 46.7 Å². The van der Waals surface area contributed by atoms with Crippen molar-refractivity contribution in [3.05, 3.63) is 89.7 Å². The second-order valence-electron chi connectivity index (χ2n) is 10.4. The summed E-state index contributed by atoms with van der Waals surface area (Å²) in [6.07, 6.45) is 1.18. The minimum atomic E-state index is -3.30. The first-order valence-electron chi connectivity index (χ1n) is 13.3. The molecule has 0 spiro atoms. The third kappa shape index (κ3) is 5.54. The van der Waals surface area contributed by atoms with Crippen molar-refractivity contribution in [1.29, 1.82) is 0 Å². The molecule has 0 radical (unpaired) electrons. The number of hydrogen-bond donors (Lipinski definition) is 0. The molecular weight excluding hydrogens is 533 g/mol. The maximum absolute atomic E-state index is 15.1. The van der Waals surface area contributed by atoms with Crippen molar-refractivity contribution in [3.8, 4) is 28.0 Å². The van der Waals surface area contributed by atoms with Crippen molar-refractivity contribution in [1.82, 2.24) is 0 Å². The van der Waals surface area contributed by atoms with Crippen LogP contribution in [0.5, 0.6) is 5.75 Å². The van der Waals surface area contributed by atoms with Crippen LogP contribution in [0.25, 0.3) is 33.0 Å². The highest BCUT2D eigenvalue weighted by Gasteiger charge is 2.43. The van der Waals surface area contributed by atoms with E-state index in [1.54, 1.807) is 18.2 Å². The lowest BCUT2D eigenvalue weighted by atomic mass is 9.79. The molecule has 4 aromatic rings. The molecule has 5 rings (SSSR count). The molecule has 0 N–H and O–H groups in total. The van der Waals surface area contributed by atoms with Crippen LogP contribution in [0.4, 0.5) is 30.7 Å². The van der Waals surface area contributed by atoms with Crippen molar-refractivity contribution >= 4 is 10.8 Å². The minimum absolute atomic E-state index is 0.0151. The van der Waals surface area contributed by atoms with Gasteiger partial charge in [0, 0.05) is 11.1 Å². The van der Waals surface area contributed by atoms with Crippen LogP contribution >= 0.6 is 0 Å². The lowest BCUT2D eigenvalue weighted by molar-refractivity contribution is -0.223. The number of alkyl halides is 2. The van der Waals surface area contributed by atoms with E-state index in [9.17, 15) is 26.3 Å². The summed E-state index contributed by atoms with van der Waals surface area (Å²) >= 11 is 0. The largest absolute Gasteiger partial charge is 0.432 e. The fraction of sp³-hybridized carbons (Fsp3) is 0.312. The van der Waals surface area contributed by atoms with Crippen LogP contribution in [0.15, 0.2) is 60.7 Å². The first kappa shape index (κ1) is 28.0. The topological polar surface area (TPSA) is 9.23 Å². The van der Waals surface area contributed by atoms with Gasteiger partial charge in [0.25, 0.3) is 0 Å². The van der Waals surface area contributed by atoms with Crippen LogP contribution in [0.1, 0.15) is 45.4 Å². The molecule has 40 heavy (non-hydrogen) atoms.